The van der Waals surface area contributed by atoms with Gasteiger partial charge in [0.1, 0.15) is 5.76 Å². The van der Waals surface area contributed by atoms with Crippen LogP contribution in [0.2, 0.25) is 0 Å². The number of ether oxygens (including phenoxy) is 2. The minimum atomic E-state index is 0.316. The predicted molar refractivity (Wildman–Crippen MR) is 85.1 cm³/mol. The molecule has 0 unspecified atom stereocenters. The minimum absolute atomic E-state index is 0.316. The van der Waals surface area contributed by atoms with Crippen LogP contribution >= 0.6 is 0 Å². The van der Waals surface area contributed by atoms with Crippen molar-refractivity contribution in [3.63, 3.8) is 0 Å². The lowest BCUT2D eigenvalue weighted by atomic mass is 10.1. The Hall–Kier alpha value is -1.85. The highest BCUT2D eigenvalue weighted by Crippen LogP contribution is 2.35. The first-order valence-electron chi connectivity index (χ1n) is 8.30. The summed E-state index contributed by atoms with van der Waals surface area (Å²) in [5.41, 5.74) is 0. The zero-order chi connectivity index (χ0) is 15.5. The largest absolute Gasteiger partial charge is 0.477 e. The molecule has 5 nitrogen and oxygen atoms in total. The zero-order valence-electron chi connectivity index (χ0n) is 13.1. The van der Waals surface area contributed by atoms with E-state index >= 15 is 0 Å². The molecule has 0 spiro atoms. The minimum Gasteiger partial charge on any atom is -0.477 e. The van der Waals surface area contributed by atoms with E-state index in [0.717, 1.165) is 38.3 Å². The molecule has 0 bridgehead atoms. The van der Waals surface area contributed by atoms with E-state index in [1.165, 1.54) is 0 Å². The number of rotatable bonds is 5. The van der Waals surface area contributed by atoms with E-state index < -0.39 is 0 Å². The van der Waals surface area contributed by atoms with Crippen molar-refractivity contribution in [1.29, 1.82) is 0 Å². The molecule has 2 aromatic heterocycles. The van der Waals surface area contributed by atoms with Gasteiger partial charge in [-0.15, -0.1) is 0 Å². The van der Waals surface area contributed by atoms with Crippen molar-refractivity contribution in [2.45, 2.75) is 31.5 Å². The molecule has 1 saturated carbocycles. The maximum Gasteiger partial charge on any atom is 0.213 e. The van der Waals surface area contributed by atoms with E-state index in [1.807, 2.05) is 30.3 Å². The molecule has 1 aliphatic heterocycles. The van der Waals surface area contributed by atoms with Crippen LogP contribution in [-0.2, 0) is 11.3 Å². The Morgan fingerprint density at radius 2 is 2.22 bits per heavy atom. The average Bonchev–Trinajstić information content (AvgIpc) is 3.23. The Balaban J connectivity index is 1.35. The highest BCUT2D eigenvalue weighted by Gasteiger charge is 2.41. The molecule has 122 valence electrons. The Labute approximate surface area is 136 Å². The molecule has 2 aliphatic rings. The second-order valence-corrected chi connectivity index (χ2v) is 6.34. The number of nitrogens with zero attached hydrogens (tertiary/aromatic N) is 2. The van der Waals surface area contributed by atoms with Crippen molar-refractivity contribution in [3.05, 3.63) is 48.6 Å². The molecule has 5 heteroatoms. The SMILES string of the molecule is c1ccc(OC[C@@H]2C[C@@H]3OCCN(Cc4ccco4)[C@H]3C2)nc1. The van der Waals surface area contributed by atoms with Crippen molar-refractivity contribution >= 4 is 0 Å². The smallest absolute Gasteiger partial charge is 0.213 e. The van der Waals surface area contributed by atoms with Gasteiger partial charge in [0.05, 0.1) is 32.1 Å². The summed E-state index contributed by atoms with van der Waals surface area (Å²) in [5, 5.41) is 0. The molecule has 0 amide bonds. The van der Waals surface area contributed by atoms with Crippen LogP contribution in [0.3, 0.4) is 0 Å². The summed E-state index contributed by atoms with van der Waals surface area (Å²) in [7, 11) is 0. The summed E-state index contributed by atoms with van der Waals surface area (Å²) < 4.78 is 17.3. The number of pyridine rings is 1. The molecule has 0 N–H and O–H groups in total. The fourth-order valence-electron chi connectivity index (χ4n) is 3.70. The van der Waals surface area contributed by atoms with Gasteiger partial charge in [-0.05, 0) is 37.0 Å². The number of hydrogen-bond acceptors (Lipinski definition) is 5. The van der Waals surface area contributed by atoms with Gasteiger partial charge in [-0.1, -0.05) is 6.07 Å². The molecule has 2 aromatic rings. The fourth-order valence-corrected chi connectivity index (χ4v) is 3.70. The van der Waals surface area contributed by atoms with Crippen LogP contribution in [0.1, 0.15) is 18.6 Å². The van der Waals surface area contributed by atoms with Gasteiger partial charge in [0.25, 0.3) is 0 Å². The van der Waals surface area contributed by atoms with Gasteiger partial charge in [-0.3, -0.25) is 4.90 Å². The highest BCUT2D eigenvalue weighted by molar-refractivity contribution is 5.09. The van der Waals surface area contributed by atoms with Crippen molar-refractivity contribution in [1.82, 2.24) is 9.88 Å². The first-order valence-corrected chi connectivity index (χ1v) is 8.30. The number of morpholine rings is 1. The second kappa shape index (κ2) is 6.72. The van der Waals surface area contributed by atoms with Crippen LogP contribution in [0.5, 0.6) is 5.88 Å². The lowest BCUT2D eigenvalue weighted by Gasteiger charge is -2.37. The number of fused-ring (bicyclic) bond motifs is 1. The lowest BCUT2D eigenvalue weighted by molar-refractivity contribution is -0.0608. The molecule has 1 saturated heterocycles. The van der Waals surface area contributed by atoms with Crippen LogP contribution in [0.25, 0.3) is 0 Å². The van der Waals surface area contributed by atoms with Crippen molar-refractivity contribution < 1.29 is 13.9 Å². The molecule has 2 fully saturated rings. The molecular formula is C18H22N2O3. The molecule has 3 atom stereocenters. The fraction of sp³-hybridized carbons (Fsp3) is 0.500. The molecule has 1 aliphatic carbocycles. The van der Waals surface area contributed by atoms with Gasteiger partial charge in [0, 0.05) is 24.8 Å². The first-order chi connectivity index (χ1) is 11.4. The third-order valence-corrected chi connectivity index (χ3v) is 4.79. The molecule has 23 heavy (non-hydrogen) atoms. The third-order valence-electron chi connectivity index (χ3n) is 4.79. The number of hydrogen-bond donors (Lipinski definition) is 0. The standard InChI is InChI=1S/C18H22N2O3/c1-2-6-19-18(5-1)23-13-14-10-16-17(11-14)22-9-7-20(16)12-15-4-3-8-21-15/h1-6,8,14,16-17H,7,9-13H2/t14-,16-,17-/m0/s1. The normalized spacial score (nSPS) is 27.7. The van der Waals surface area contributed by atoms with Gasteiger partial charge in [-0.25, -0.2) is 4.98 Å². The van der Waals surface area contributed by atoms with Gasteiger partial charge in [0.15, 0.2) is 0 Å². The summed E-state index contributed by atoms with van der Waals surface area (Å²) in [6.07, 6.45) is 5.99. The highest BCUT2D eigenvalue weighted by atomic mass is 16.5. The van der Waals surface area contributed by atoms with Gasteiger partial charge >= 0.3 is 0 Å². The Morgan fingerprint density at radius 3 is 3.04 bits per heavy atom. The Kier molecular flexibility index (Phi) is 4.30. The molecular weight excluding hydrogens is 292 g/mol. The van der Waals surface area contributed by atoms with E-state index in [2.05, 4.69) is 9.88 Å². The van der Waals surface area contributed by atoms with Crippen LogP contribution < -0.4 is 4.74 Å². The Bertz CT molecular complexity index is 602. The maximum absolute atomic E-state index is 5.99. The van der Waals surface area contributed by atoms with Crippen LogP contribution in [0, 0.1) is 5.92 Å². The number of aromatic nitrogens is 1. The number of furan rings is 1. The third kappa shape index (κ3) is 3.41. The monoisotopic (exact) mass is 314 g/mol. The lowest BCUT2D eigenvalue weighted by Crippen LogP contribution is -2.47. The summed E-state index contributed by atoms with van der Waals surface area (Å²) in [6.45, 7) is 3.35. The molecule has 0 aromatic carbocycles. The molecule has 3 heterocycles. The van der Waals surface area contributed by atoms with Crippen molar-refractivity contribution in [2.75, 3.05) is 19.8 Å². The zero-order valence-corrected chi connectivity index (χ0v) is 13.1. The van der Waals surface area contributed by atoms with Crippen molar-refractivity contribution in [3.8, 4) is 5.88 Å². The van der Waals surface area contributed by atoms with Gasteiger partial charge in [0.2, 0.25) is 5.88 Å². The second-order valence-electron chi connectivity index (χ2n) is 6.34. The topological polar surface area (TPSA) is 47.7 Å². The molecule has 0 radical (unpaired) electrons. The summed E-state index contributed by atoms with van der Waals surface area (Å²) in [6, 6.07) is 10.2. The predicted octanol–water partition coefficient (Wildman–Crippen LogP) is 2.73. The summed E-state index contributed by atoms with van der Waals surface area (Å²) in [5.74, 6) is 2.25. The summed E-state index contributed by atoms with van der Waals surface area (Å²) in [4.78, 5) is 6.71. The van der Waals surface area contributed by atoms with Crippen LogP contribution in [0.15, 0.2) is 47.2 Å². The van der Waals surface area contributed by atoms with Gasteiger partial charge in [-0.2, -0.15) is 0 Å². The van der Waals surface area contributed by atoms with Crippen LogP contribution in [0.4, 0.5) is 0 Å². The van der Waals surface area contributed by atoms with E-state index in [1.54, 1.807) is 12.5 Å². The summed E-state index contributed by atoms with van der Waals surface area (Å²) >= 11 is 0. The first kappa shape index (κ1) is 14.7. The Morgan fingerprint density at radius 1 is 1.22 bits per heavy atom. The maximum atomic E-state index is 5.99. The molecule has 4 rings (SSSR count). The van der Waals surface area contributed by atoms with E-state index in [0.29, 0.717) is 30.6 Å². The van der Waals surface area contributed by atoms with E-state index in [-0.39, 0.29) is 0 Å². The average molecular weight is 314 g/mol. The van der Waals surface area contributed by atoms with Crippen molar-refractivity contribution in [2.24, 2.45) is 5.92 Å². The van der Waals surface area contributed by atoms with Gasteiger partial charge < -0.3 is 13.9 Å². The quantitative estimate of drug-likeness (QED) is 0.849. The van der Waals surface area contributed by atoms with Crippen LogP contribution in [-0.4, -0.2) is 41.8 Å². The van der Waals surface area contributed by atoms with E-state index in [9.17, 15) is 0 Å². The van der Waals surface area contributed by atoms with E-state index in [4.69, 9.17) is 13.9 Å².